The summed E-state index contributed by atoms with van der Waals surface area (Å²) in [5.74, 6) is 1.65. The molecule has 1 aromatic carbocycles. The van der Waals surface area contributed by atoms with E-state index in [2.05, 4.69) is 0 Å². The van der Waals surface area contributed by atoms with Crippen molar-refractivity contribution in [2.75, 3.05) is 31.4 Å². The summed E-state index contributed by atoms with van der Waals surface area (Å²) in [6.45, 7) is 1.78. The van der Waals surface area contributed by atoms with Crippen molar-refractivity contribution in [1.29, 1.82) is 0 Å². The first-order chi connectivity index (χ1) is 12.3. The van der Waals surface area contributed by atoms with Gasteiger partial charge >= 0.3 is 0 Å². The molecule has 3 aliphatic heterocycles. The van der Waals surface area contributed by atoms with Crippen LogP contribution in [0.5, 0.6) is 0 Å². The third-order valence-electron chi connectivity index (χ3n) is 5.58. The number of hydrogen-bond acceptors (Lipinski definition) is 5. The molecule has 2 atom stereocenters. The number of nitrogens with two attached hydrogens (primary N) is 1. The van der Waals surface area contributed by atoms with Crippen LogP contribution < -0.4 is 10.6 Å². The minimum absolute atomic E-state index is 0.0860. The van der Waals surface area contributed by atoms with Gasteiger partial charge in [-0.05, 0) is 30.2 Å². The van der Waals surface area contributed by atoms with E-state index in [9.17, 15) is 4.79 Å². The fourth-order valence-corrected chi connectivity index (χ4v) is 4.37. The van der Waals surface area contributed by atoms with Gasteiger partial charge in [0.2, 0.25) is 5.91 Å². The predicted molar refractivity (Wildman–Crippen MR) is 90.6 cm³/mol. The highest BCUT2D eigenvalue weighted by Gasteiger charge is 2.58. The van der Waals surface area contributed by atoms with Crippen LogP contribution in [0.4, 0.5) is 5.69 Å². The Kier molecular flexibility index (Phi) is 3.20. The van der Waals surface area contributed by atoms with E-state index in [0.717, 1.165) is 34.8 Å². The Hall–Kier alpha value is -2.31. The molecule has 3 heterocycles. The maximum absolute atomic E-state index is 13.5. The average molecular weight is 340 g/mol. The third kappa shape index (κ3) is 1.89. The summed E-state index contributed by atoms with van der Waals surface area (Å²) in [6.07, 6.45) is 3.18. The summed E-state index contributed by atoms with van der Waals surface area (Å²) >= 11 is 0. The van der Waals surface area contributed by atoms with E-state index in [0.29, 0.717) is 26.1 Å². The molecule has 1 aliphatic carbocycles. The number of allylic oxidation sites excluding steroid dienone is 1. The van der Waals surface area contributed by atoms with Crippen molar-refractivity contribution < 1.29 is 19.0 Å². The van der Waals surface area contributed by atoms with Crippen molar-refractivity contribution in [1.82, 2.24) is 0 Å². The van der Waals surface area contributed by atoms with Crippen molar-refractivity contribution in [3.05, 3.63) is 53.0 Å². The lowest BCUT2D eigenvalue weighted by Crippen LogP contribution is -2.44. The van der Waals surface area contributed by atoms with Gasteiger partial charge in [0.1, 0.15) is 29.6 Å². The zero-order chi connectivity index (χ0) is 17.0. The minimum atomic E-state index is -0.742. The smallest absolute Gasteiger partial charge is 0.245 e. The molecule has 0 radical (unpaired) electrons. The molecule has 0 aromatic heterocycles. The summed E-state index contributed by atoms with van der Waals surface area (Å²) in [5.41, 5.74) is 7.94. The number of nitrogens with zero attached hydrogens (tertiary/aromatic N) is 1. The van der Waals surface area contributed by atoms with Gasteiger partial charge in [-0.1, -0.05) is 18.2 Å². The maximum Gasteiger partial charge on any atom is 0.245 e. The topological polar surface area (TPSA) is 74.0 Å². The summed E-state index contributed by atoms with van der Waals surface area (Å²) in [5, 5.41) is 0. The highest BCUT2D eigenvalue weighted by atomic mass is 16.7. The summed E-state index contributed by atoms with van der Waals surface area (Å²) in [4.78, 5) is 15.4. The van der Waals surface area contributed by atoms with Crippen LogP contribution in [-0.2, 0) is 24.4 Å². The number of para-hydroxylation sites is 1. The Morgan fingerprint density at radius 1 is 1.28 bits per heavy atom. The van der Waals surface area contributed by atoms with Gasteiger partial charge in [0.05, 0.1) is 0 Å². The lowest BCUT2D eigenvalue weighted by molar-refractivity contribution is -0.122. The molecule has 0 bridgehead atoms. The quantitative estimate of drug-likeness (QED) is 0.904. The van der Waals surface area contributed by atoms with Crippen LogP contribution in [0.1, 0.15) is 18.4 Å². The van der Waals surface area contributed by atoms with Gasteiger partial charge in [-0.3, -0.25) is 4.79 Å². The molecule has 1 saturated heterocycles. The first-order valence-electron chi connectivity index (χ1n) is 8.69. The average Bonchev–Trinajstić information content (AvgIpc) is 3.30. The number of rotatable bonds is 3. The molecule has 1 aromatic rings. The van der Waals surface area contributed by atoms with Crippen molar-refractivity contribution >= 4 is 11.6 Å². The normalized spacial score (nSPS) is 29.3. The van der Waals surface area contributed by atoms with Crippen LogP contribution in [0.2, 0.25) is 0 Å². The van der Waals surface area contributed by atoms with E-state index in [1.807, 2.05) is 35.2 Å². The standard InChI is InChI=1S/C19H20N2O4/c20-6-3-7-21-14-5-2-1-4-12(14)19(18(21)22)10-23-15-9-17-16(8-13(15)19)24-11-25-17/h1-2,4-5,9,16H,3,6-8,10-11,20H2. The van der Waals surface area contributed by atoms with Crippen molar-refractivity contribution in [3.8, 4) is 0 Å². The van der Waals surface area contributed by atoms with Crippen molar-refractivity contribution in [2.24, 2.45) is 5.73 Å². The number of carbonyl (C=O) groups is 1. The second kappa shape index (κ2) is 5.34. The molecule has 1 fully saturated rings. The Bertz CT molecular complexity index is 815. The molecule has 1 amide bonds. The molecule has 2 N–H and O–H groups in total. The van der Waals surface area contributed by atoms with Gasteiger partial charge in [-0.25, -0.2) is 0 Å². The highest BCUT2D eigenvalue weighted by molar-refractivity contribution is 6.11. The van der Waals surface area contributed by atoms with Gasteiger partial charge in [0.25, 0.3) is 0 Å². The molecular formula is C19H20N2O4. The van der Waals surface area contributed by atoms with Gasteiger partial charge < -0.3 is 24.8 Å². The Morgan fingerprint density at radius 2 is 2.16 bits per heavy atom. The maximum atomic E-state index is 13.5. The van der Waals surface area contributed by atoms with E-state index < -0.39 is 5.41 Å². The molecule has 6 nitrogen and oxygen atoms in total. The fraction of sp³-hybridized carbons (Fsp3) is 0.421. The Balaban J connectivity index is 1.63. The Labute approximate surface area is 145 Å². The molecule has 5 rings (SSSR count). The summed E-state index contributed by atoms with van der Waals surface area (Å²) in [6, 6.07) is 8.01. The third-order valence-corrected chi connectivity index (χ3v) is 5.58. The molecule has 25 heavy (non-hydrogen) atoms. The van der Waals surface area contributed by atoms with E-state index in [1.165, 1.54) is 0 Å². The molecule has 0 saturated carbocycles. The number of benzene rings is 1. The van der Waals surface area contributed by atoms with E-state index in [-0.39, 0.29) is 18.8 Å². The first kappa shape index (κ1) is 15.0. The number of carbonyl (C=O) groups excluding carboxylic acids is 1. The molecule has 6 heteroatoms. The van der Waals surface area contributed by atoms with Crippen LogP contribution in [0.25, 0.3) is 0 Å². The van der Waals surface area contributed by atoms with Crippen LogP contribution in [0, 0.1) is 0 Å². The molecule has 4 aliphatic rings. The van der Waals surface area contributed by atoms with Crippen molar-refractivity contribution in [2.45, 2.75) is 24.4 Å². The fourth-order valence-electron chi connectivity index (χ4n) is 4.37. The van der Waals surface area contributed by atoms with E-state index in [1.54, 1.807) is 0 Å². The van der Waals surface area contributed by atoms with Gasteiger partial charge in [-0.2, -0.15) is 0 Å². The van der Waals surface area contributed by atoms with Crippen LogP contribution in [0.15, 0.2) is 47.4 Å². The van der Waals surface area contributed by atoms with E-state index in [4.69, 9.17) is 19.9 Å². The lowest BCUT2D eigenvalue weighted by atomic mass is 9.73. The van der Waals surface area contributed by atoms with Crippen LogP contribution in [0.3, 0.4) is 0 Å². The molecule has 2 unspecified atom stereocenters. The van der Waals surface area contributed by atoms with Gasteiger partial charge in [0, 0.05) is 24.7 Å². The van der Waals surface area contributed by atoms with Gasteiger partial charge in [-0.15, -0.1) is 0 Å². The number of amides is 1. The molecule has 1 spiro atoms. The first-order valence-corrected chi connectivity index (χ1v) is 8.69. The minimum Gasteiger partial charge on any atom is -0.492 e. The summed E-state index contributed by atoms with van der Waals surface area (Å²) < 4.78 is 17.1. The highest BCUT2D eigenvalue weighted by Crippen LogP contribution is 2.54. The lowest BCUT2D eigenvalue weighted by Gasteiger charge is -2.27. The molecular weight excluding hydrogens is 320 g/mol. The molecule has 130 valence electrons. The Morgan fingerprint density at radius 3 is 3.04 bits per heavy atom. The number of ether oxygens (including phenoxy) is 3. The number of fused-ring (bicyclic) bond motifs is 4. The largest absolute Gasteiger partial charge is 0.492 e. The number of anilines is 1. The van der Waals surface area contributed by atoms with Gasteiger partial charge in [0.15, 0.2) is 6.79 Å². The SMILES string of the molecule is NCCCN1C(=O)C2(COC3=C2CC2OCOC2=C3)c2ccccc21. The van der Waals surface area contributed by atoms with Crippen LogP contribution in [-0.4, -0.2) is 38.5 Å². The summed E-state index contributed by atoms with van der Waals surface area (Å²) in [7, 11) is 0. The predicted octanol–water partition coefficient (Wildman–Crippen LogP) is 1.56. The second-order valence-electron chi connectivity index (χ2n) is 6.82. The zero-order valence-electron chi connectivity index (χ0n) is 13.9. The van der Waals surface area contributed by atoms with Crippen molar-refractivity contribution in [3.63, 3.8) is 0 Å². The monoisotopic (exact) mass is 340 g/mol. The zero-order valence-corrected chi connectivity index (χ0v) is 13.9. The number of hydrogen-bond donors (Lipinski definition) is 1. The second-order valence-corrected chi connectivity index (χ2v) is 6.82. The van der Waals surface area contributed by atoms with E-state index >= 15 is 0 Å². The van der Waals surface area contributed by atoms with Crippen LogP contribution >= 0.6 is 0 Å².